The lowest BCUT2D eigenvalue weighted by Crippen LogP contribution is -2.07. The van der Waals surface area contributed by atoms with Crippen molar-refractivity contribution >= 4 is 0 Å². The number of allylic oxidation sites excluding steroid dienone is 1. The zero-order chi connectivity index (χ0) is 7.44. The van der Waals surface area contributed by atoms with Crippen molar-refractivity contribution < 1.29 is 22.0 Å². The van der Waals surface area contributed by atoms with Gasteiger partial charge in [0.25, 0.3) is 12.5 Å². The highest BCUT2D eigenvalue weighted by Crippen LogP contribution is 2.10. The Balaban J connectivity index is 3.76. The van der Waals surface area contributed by atoms with Crippen molar-refractivity contribution in [2.75, 3.05) is 0 Å². The van der Waals surface area contributed by atoms with E-state index in [1.54, 1.807) is 0 Å². The third kappa shape index (κ3) is 3.93. The number of hydrogen-bond donors (Lipinski definition) is 0. The number of hydrogen-bond acceptors (Lipinski definition) is 0. The molecule has 0 aromatic carbocycles. The minimum absolute atomic E-state index is 0.426. The largest absolute Gasteiger partial charge is 0.273 e. The summed E-state index contributed by atoms with van der Waals surface area (Å²) in [5, 5.41) is 0. The molecule has 0 nitrogen and oxygen atoms in total. The van der Waals surface area contributed by atoms with Crippen LogP contribution in [0.3, 0.4) is 0 Å². The van der Waals surface area contributed by atoms with Crippen LogP contribution in [0.4, 0.5) is 22.0 Å². The average molecular weight is 146 g/mol. The molecule has 1 atom stereocenters. The van der Waals surface area contributed by atoms with Crippen molar-refractivity contribution in [2.45, 2.75) is 12.6 Å². The van der Waals surface area contributed by atoms with Crippen molar-refractivity contribution in [3.63, 3.8) is 0 Å². The molecule has 5 heteroatoms. The van der Waals surface area contributed by atoms with E-state index in [0.29, 0.717) is 0 Å². The third-order valence-corrected chi connectivity index (χ3v) is 0.526. The van der Waals surface area contributed by atoms with Crippen molar-refractivity contribution in [3.05, 3.63) is 12.2 Å². The first-order valence-corrected chi connectivity index (χ1v) is 1.99. The fourth-order valence-corrected chi connectivity index (χ4v) is 0.193. The molecule has 1 unspecified atom stereocenters. The molecular formula is C4H3F5. The summed E-state index contributed by atoms with van der Waals surface area (Å²) >= 11 is 0. The Kier molecular flexibility index (Phi) is 3.19. The van der Waals surface area contributed by atoms with Crippen molar-refractivity contribution in [2.24, 2.45) is 0 Å². The minimum Gasteiger partial charge on any atom is -0.236 e. The first kappa shape index (κ1) is 8.39. The molecule has 0 radical (unpaired) electrons. The predicted octanol–water partition coefficient (Wildman–Crippen LogP) is 2.37. The average Bonchev–Trinajstić information content (AvgIpc) is 1.63. The molecule has 9 heavy (non-hydrogen) atoms. The Labute approximate surface area is 48.0 Å². The number of alkyl halides is 3. The van der Waals surface area contributed by atoms with E-state index in [9.17, 15) is 22.0 Å². The van der Waals surface area contributed by atoms with Gasteiger partial charge in [0, 0.05) is 6.08 Å². The van der Waals surface area contributed by atoms with Crippen LogP contribution in [0.1, 0.15) is 0 Å². The van der Waals surface area contributed by atoms with Gasteiger partial charge in [-0.3, -0.25) is 0 Å². The summed E-state index contributed by atoms with van der Waals surface area (Å²) in [5.41, 5.74) is 0. The van der Waals surface area contributed by atoms with Crippen LogP contribution in [0.5, 0.6) is 0 Å². The van der Waals surface area contributed by atoms with Gasteiger partial charge in [-0.1, -0.05) is 0 Å². The molecule has 0 spiro atoms. The van der Waals surface area contributed by atoms with Crippen LogP contribution in [0, 0.1) is 0 Å². The second-order valence-electron chi connectivity index (χ2n) is 1.24. The SMILES string of the molecule is FC(F)=CC(F)C(F)F. The van der Waals surface area contributed by atoms with Gasteiger partial charge in [0.1, 0.15) is 0 Å². The predicted molar refractivity (Wildman–Crippen MR) is 21.2 cm³/mol. The monoisotopic (exact) mass is 146 g/mol. The van der Waals surface area contributed by atoms with Crippen molar-refractivity contribution in [3.8, 4) is 0 Å². The molecule has 0 aromatic rings. The molecule has 0 bridgehead atoms. The molecule has 0 heterocycles. The van der Waals surface area contributed by atoms with Gasteiger partial charge in [-0.05, 0) is 0 Å². The van der Waals surface area contributed by atoms with Crippen LogP contribution < -0.4 is 0 Å². The molecule has 0 fully saturated rings. The lowest BCUT2D eigenvalue weighted by molar-refractivity contribution is 0.0727. The van der Waals surface area contributed by atoms with E-state index in [-0.39, 0.29) is 0 Å². The lowest BCUT2D eigenvalue weighted by Gasteiger charge is -1.96. The molecular weight excluding hydrogens is 143 g/mol. The number of rotatable bonds is 2. The molecule has 0 aliphatic carbocycles. The van der Waals surface area contributed by atoms with Crippen LogP contribution in [0.25, 0.3) is 0 Å². The second-order valence-corrected chi connectivity index (χ2v) is 1.24. The van der Waals surface area contributed by atoms with E-state index in [1.807, 2.05) is 0 Å². The van der Waals surface area contributed by atoms with Gasteiger partial charge in [0.05, 0.1) is 0 Å². The van der Waals surface area contributed by atoms with Crippen LogP contribution >= 0.6 is 0 Å². The summed E-state index contributed by atoms with van der Waals surface area (Å²) in [5.74, 6) is 0. The first-order chi connectivity index (χ1) is 4.04. The topological polar surface area (TPSA) is 0 Å². The van der Waals surface area contributed by atoms with Gasteiger partial charge in [-0.25, -0.2) is 13.2 Å². The molecule has 0 rings (SSSR count). The van der Waals surface area contributed by atoms with Gasteiger partial charge in [0.2, 0.25) is 0 Å². The zero-order valence-corrected chi connectivity index (χ0v) is 4.12. The zero-order valence-electron chi connectivity index (χ0n) is 4.12. The molecule has 54 valence electrons. The van der Waals surface area contributed by atoms with Gasteiger partial charge in [0.15, 0.2) is 6.17 Å². The Hall–Kier alpha value is -0.610. The Morgan fingerprint density at radius 1 is 1.11 bits per heavy atom. The highest BCUT2D eigenvalue weighted by molar-refractivity contribution is 4.89. The standard InChI is InChI=1S/C4H3F5/c5-2(4(8)9)1-3(6)7/h1-2,4H. The maximum atomic E-state index is 11.5. The molecule has 0 aliphatic heterocycles. The van der Waals surface area contributed by atoms with Crippen LogP contribution in [-0.4, -0.2) is 12.6 Å². The van der Waals surface area contributed by atoms with E-state index >= 15 is 0 Å². The minimum atomic E-state index is -3.37. The smallest absolute Gasteiger partial charge is 0.236 e. The maximum Gasteiger partial charge on any atom is 0.273 e. The summed E-state index contributed by atoms with van der Waals surface area (Å²) in [6, 6.07) is 0. The van der Waals surface area contributed by atoms with Crippen molar-refractivity contribution in [1.29, 1.82) is 0 Å². The third-order valence-electron chi connectivity index (χ3n) is 0.526. The molecule has 0 aromatic heterocycles. The van der Waals surface area contributed by atoms with E-state index in [4.69, 9.17) is 0 Å². The summed E-state index contributed by atoms with van der Waals surface area (Å²) in [6.07, 6.45) is -9.07. The van der Waals surface area contributed by atoms with Gasteiger partial charge in [-0.2, -0.15) is 8.78 Å². The van der Waals surface area contributed by atoms with Gasteiger partial charge >= 0.3 is 0 Å². The molecule has 0 aliphatic rings. The Morgan fingerprint density at radius 2 is 1.56 bits per heavy atom. The highest BCUT2D eigenvalue weighted by atomic mass is 19.3. The van der Waals surface area contributed by atoms with Crippen LogP contribution in [0.2, 0.25) is 0 Å². The van der Waals surface area contributed by atoms with Gasteiger partial charge in [-0.15, -0.1) is 0 Å². The van der Waals surface area contributed by atoms with E-state index < -0.39 is 24.8 Å². The molecule has 0 saturated carbocycles. The fourth-order valence-electron chi connectivity index (χ4n) is 0.193. The summed E-state index contributed by atoms with van der Waals surface area (Å²) in [4.78, 5) is 0. The Morgan fingerprint density at radius 3 is 1.67 bits per heavy atom. The lowest BCUT2D eigenvalue weighted by atomic mass is 10.4. The van der Waals surface area contributed by atoms with Crippen LogP contribution in [0.15, 0.2) is 12.2 Å². The molecule has 0 saturated heterocycles. The van der Waals surface area contributed by atoms with Crippen molar-refractivity contribution in [1.82, 2.24) is 0 Å². The maximum absolute atomic E-state index is 11.5. The Bertz CT molecular complexity index is 104. The van der Waals surface area contributed by atoms with E-state index in [2.05, 4.69) is 0 Å². The van der Waals surface area contributed by atoms with E-state index in [0.717, 1.165) is 0 Å². The summed E-state index contributed by atoms with van der Waals surface area (Å²) < 4.78 is 55.4. The first-order valence-electron chi connectivity index (χ1n) is 1.99. The quantitative estimate of drug-likeness (QED) is 0.524. The second kappa shape index (κ2) is 3.42. The molecule has 0 N–H and O–H groups in total. The highest BCUT2D eigenvalue weighted by Gasteiger charge is 2.17. The van der Waals surface area contributed by atoms with Crippen LogP contribution in [-0.2, 0) is 0 Å². The van der Waals surface area contributed by atoms with Gasteiger partial charge < -0.3 is 0 Å². The summed E-state index contributed by atoms with van der Waals surface area (Å²) in [6.45, 7) is 0. The summed E-state index contributed by atoms with van der Waals surface area (Å²) in [7, 11) is 0. The fraction of sp³-hybridized carbons (Fsp3) is 0.500. The van der Waals surface area contributed by atoms with E-state index in [1.165, 1.54) is 0 Å². The number of halogens is 5. The normalized spacial score (nSPS) is 13.6. The molecule has 0 amide bonds.